The van der Waals surface area contributed by atoms with Crippen LogP contribution in [0.4, 0.5) is 17.1 Å². The fourth-order valence-electron chi connectivity index (χ4n) is 10.5. The van der Waals surface area contributed by atoms with Crippen LogP contribution in [0, 0.1) is 0 Å². The van der Waals surface area contributed by atoms with Crippen molar-refractivity contribution < 1.29 is 8.83 Å². The topological polar surface area (TPSA) is 29.5 Å². The van der Waals surface area contributed by atoms with E-state index in [2.05, 4.69) is 193 Å². The van der Waals surface area contributed by atoms with E-state index in [-0.39, 0.29) is 11.8 Å². The van der Waals surface area contributed by atoms with Gasteiger partial charge in [0, 0.05) is 44.8 Å². The van der Waals surface area contributed by atoms with Crippen molar-refractivity contribution >= 4 is 60.9 Å². The maximum Gasteiger partial charge on any atom is 0.159 e. The summed E-state index contributed by atoms with van der Waals surface area (Å²) in [6.07, 6.45) is 0. The summed E-state index contributed by atoms with van der Waals surface area (Å²) in [5, 5.41) is 4.55. The predicted octanol–water partition coefficient (Wildman–Crippen LogP) is 15.3. The van der Waals surface area contributed by atoms with E-state index >= 15 is 0 Å². The van der Waals surface area contributed by atoms with Crippen LogP contribution in [0.25, 0.3) is 66.1 Å². The highest BCUT2D eigenvalue weighted by Crippen LogP contribution is 2.60. The Bertz CT molecular complexity index is 3420. The number of para-hydroxylation sites is 4. The third-order valence-electron chi connectivity index (χ3n) is 12.9. The summed E-state index contributed by atoms with van der Waals surface area (Å²) in [5.74, 6) is 0.201. The van der Waals surface area contributed by atoms with Gasteiger partial charge in [-0.3, -0.25) is 0 Å². The van der Waals surface area contributed by atoms with E-state index in [1.807, 2.05) is 12.1 Å². The van der Waals surface area contributed by atoms with Gasteiger partial charge >= 0.3 is 0 Å². The Morgan fingerprint density at radius 3 is 1.58 bits per heavy atom. The molecule has 0 N–H and O–H groups in total. The van der Waals surface area contributed by atoms with Gasteiger partial charge in [0.2, 0.25) is 0 Å². The maximum atomic E-state index is 6.59. The fourth-order valence-corrected chi connectivity index (χ4v) is 10.5. The lowest BCUT2D eigenvalue weighted by molar-refractivity contribution is 0.668. The van der Waals surface area contributed by atoms with Crippen LogP contribution in [0.5, 0.6) is 0 Å². The van der Waals surface area contributed by atoms with E-state index in [0.717, 1.165) is 55.6 Å². The molecule has 14 rings (SSSR count). The van der Waals surface area contributed by atoms with Crippen molar-refractivity contribution in [2.24, 2.45) is 0 Å². The van der Waals surface area contributed by atoms with Crippen molar-refractivity contribution in [3.8, 4) is 22.3 Å². The third kappa shape index (κ3) is 4.64. The van der Waals surface area contributed by atoms with Crippen LogP contribution in [0.1, 0.15) is 45.2 Å². The number of fused-ring (bicyclic) bond motifs is 6. The van der Waals surface area contributed by atoms with E-state index in [9.17, 15) is 0 Å². The standard InChI is InChI=1S/C56H35NO2/c1-2-14-35(15-3-1)57(47-24-12-23-45-38-16-8-10-25-48(38)59-56(45)47)36-30-28-34(29-31-36)37-32-33-44(39-22-13-27-50-51(39)46-21-9-11-26-49(46)58-50)55-53-42-19-6-4-17-40(42)52(54(37)55)41-18-5-7-20-43(41)53/h1-33,52-53H. The van der Waals surface area contributed by atoms with Crippen molar-refractivity contribution in [3.63, 3.8) is 0 Å². The summed E-state index contributed by atoms with van der Waals surface area (Å²) in [5.41, 5.74) is 20.1. The van der Waals surface area contributed by atoms with Gasteiger partial charge in [0.05, 0.1) is 5.69 Å². The van der Waals surface area contributed by atoms with Gasteiger partial charge in [-0.2, -0.15) is 0 Å². The molecule has 0 fully saturated rings. The number of furan rings is 2. The number of rotatable bonds is 5. The zero-order chi connectivity index (χ0) is 38.6. The normalized spacial score (nSPS) is 15.1. The molecule has 2 bridgehead atoms. The van der Waals surface area contributed by atoms with Crippen molar-refractivity contribution in [1.82, 2.24) is 0 Å². The molecule has 0 atom stereocenters. The highest BCUT2D eigenvalue weighted by molar-refractivity contribution is 6.13. The van der Waals surface area contributed by atoms with E-state index in [1.54, 1.807) is 0 Å². The average Bonchev–Trinajstić information content (AvgIpc) is 3.89. The molecule has 0 spiro atoms. The molecule has 0 saturated carbocycles. The van der Waals surface area contributed by atoms with Gasteiger partial charge in [-0.05, 0) is 104 Å². The molecule has 2 aromatic heterocycles. The van der Waals surface area contributed by atoms with Gasteiger partial charge in [0.15, 0.2) is 5.58 Å². The van der Waals surface area contributed by atoms with Gasteiger partial charge in [0.25, 0.3) is 0 Å². The van der Waals surface area contributed by atoms with Crippen LogP contribution >= 0.6 is 0 Å². The van der Waals surface area contributed by atoms with Crippen LogP contribution in [0.3, 0.4) is 0 Å². The quantitative estimate of drug-likeness (QED) is 0.175. The summed E-state index contributed by atoms with van der Waals surface area (Å²) >= 11 is 0. The summed E-state index contributed by atoms with van der Waals surface area (Å²) in [4.78, 5) is 2.32. The van der Waals surface area contributed by atoms with Crippen LogP contribution in [-0.4, -0.2) is 0 Å². The van der Waals surface area contributed by atoms with Crippen LogP contribution in [0.2, 0.25) is 0 Å². The predicted molar refractivity (Wildman–Crippen MR) is 241 cm³/mol. The van der Waals surface area contributed by atoms with Crippen molar-refractivity contribution in [1.29, 1.82) is 0 Å². The third-order valence-corrected chi connectivity index (χ3v) is 12.9. The highest BCUT2D eigenvalue weighted by Gasteiger charge is 2.44. The Labute approximate surface area is 341 Å². The van der Waals surface area contributed by atoms with Crippen LogP contribution in [-0.2, 0) is 0 Å². The molecule has 0 amide bonds. The average molecular weight is 754 g/mol. The second-order valence-corrected chi connectivity index (χ2v) is 15.9. The molecule has 3 aliphatic carbocycles. The lowest BCUT2D eigenvalue weighted by Crippen LogP contribution is -2.28. The molecule has 9 aromatic carbocycles. The number of hydrogen-bond acceptors (Lipinski definition) is 3. The minimum atomic E-state index is 0.0999. The molecule has 3 aliphatic rings. The van der Waals surface area contributed by atoms with E-state index in [1.165, 1.54) is 61.0 Å². The second-order valence-electron chi connectivity index (χ2n) is 15.9. The number of benzene rings is 9. The maximum absolute atomic E-state index is 6.59. The summed E-state index contributed by atoms with van der Waals surface area (Å²) in [6.45, 7) is 0. The van der Waals surface area contributed by atoms with E-state index in [0.29, 0.717) is 0 Å². The first-order valence-electron chi connectivity index (χ1n) is 20.4. The molecule has 3 nitrogen and oxygen atoms in total. The SMILES string of the molecule is c1ccc(N(c2ccc(-c3ccc(-c4cccc5oc6ccccc6c45)c4c3C3c5ccccc5C4c4ccccc43)cc2)c2cccc3c2oc2ccccc23)cc1. The minimum Gasteiger partial charge on any atom is -0.456 e. The number of nitrogens with zero attached hydrogens (tertiary/aromatic N) is 1. The van der Waals surface area contributed by atoms with Crippen molar-refractivity contribution in [3.05, 3.63) is 234 Å². The Balaban J connectivity index is 1.03. The largest absolute Gasteiger partial charge is 0.456 e. The monoisotopic (exact) mass is 753 g/mol. The van der Waals surface area contributed by atoms with Gasteiger partial charge in [-0.15, -0.1) is 0 Å². The minimum absolute atomic E-state index is 0.0999. The first-order chi connectivity index (χ1) is 29.3. The molecule has 11 aromatic rings. The molecule has 0 unspecified atom stereocenters. The van der Waals surface area contributed by atoms with Crippen molar-refractivity contribution in [2.45, 2.75) is 11.8 Å². The van der Waals surface area contributed by atoms with Gasteiger partial charge in [0.1, 0.15) is 16.7 Å². The molecule has 3 heteroatoms. The summed E-state index contributed by atoms with van der Waals surface area (Å²) in [6, 6.07) is 72.5. The molecule has 59 heavy (non-hydrogen) atoms. The lowest BCUT2D eigenvalue weighted by Gasteiger charge is -2.44. The Morgan fingerprint density at radius 1 is 0.339 bits per heavy atom. The lowest BCUT2D eigenvalue weighted by atomic mass is 9.58. The van der Waals surface area contributed by atoms with Gasteiger partial charge < -0.3 is 13.7 Å². The fraction of sp³-hybridized carbons (Fsp3) is 0.0357. The molecule has 276 valence electrons. The Morgan fingerprint density at radius 2 is 0.864 bits per heavy atom. The van der Waals surface area contributed by atoms with E-state index in [4.69, 9.17) is 8.83 Å². The smallest absolute Gasteiger partial charge is 0.159 e. The Hall–Kier alpha value is -7.62. The van der Waals surface area contributed by atoms with Crippen molar-refractivity contribution in [2.75, 3.05) is 4.90 Å². The Kier molecular flexibility index (Phi) is 6.84. The zero-order valence-corrected chi connectivity index (χ0v) is 32.0. The highest BCUT2D eigenvalue weighted by atomic mass is 16.3. The molecular weight excluding hydrogens is 719 g/mol. The number of anilines is 3. The summed E-state index contributed by atoms with van der Waals surface area (Å²) < 4.78 is 13.0. The first-order valence-corrected chi connectivity index (χ1v) is 20.4. The van der Waals surface area contributed by atoms with E-state index < -0.39 is 0 Å². The molecule has 0 radical (unpaired) electrons. The van der Waals surface area contributed by atoms with Crippen LogP contribution < -0.4 is 4.90 Å². The van der Waals surface area contributed by atoms with Gasteiger partial charge in [-0.1, -0.05) is 152 Å². The molecular formula is C56H35NO2. The first kappa shape index (κ1) is 32.5. The molecule has 2 heterocycles. The van der Waals surface area contributed by atoms with Gasteiger partial charge in [-0.25, -0.2) is 0 Å². The zero-order valence-electron chi connectivity index (χ0n) is 32.0. The summed E-state index contributed by atoms with van der Waals surface area (Å²) in [7, 11) is 0. The van der Waals surface area contributed by atoms with Crippen LogP contribution in [0.15, 0.2) is 209 Å². The molecule has 0 aliphatic heterocycles. The second kappa shape index (κ2) is 12.4. The number of hydrogen-bond donors (Lipinski definition) is 0. The molecule has 0 saturated heterocycles.